The number of benzene rings is 1. The summed E-state index contributed by atoms with van der Waals surface area (Å²) in [6.07, 6.45) is 0. The van der Waals surface area contributed by atoms with Crippen molar-refractivity contribution in [2.45, 2.75) is 20.4 Å². The van der Waals surface area contributed by atoms with Crippen LogP contribution in [0.2, 0.25) is 0 Å². The van der Waals surface area contributed by atoms with Gasteiger partial charge in [0.05, 0.1) is 0 Å². The lowest BCUT2D eigenvalue weighted by Gasteiger charge is -2.04. The summed E-state index contributed by atoms with van der Waals surface area (Å²) in [5, 5.41) is 0. The lowest BCUT2D eigenvalue weighted by Crippen LogP contribution is -2.17. The number of hydrogen-bond acceptors (Lipinski definition) is 2. The fourth-order valence-corrected chi connectivity index (χ4v) is 1.49. The summed E-state index contributed by atoms with van der Waals surface area (Å²) in [4.78, 5) is 13.1. The zero-order valence-electron chi connectivity index (χ0n) is 8.87. The van der Waals surface area contributed by atoms with E-state index in [1.54, 1.807) is 24.1 Å². The monoisotopic (exact) mass is 192 g/mol. The second-order valence-corrected chi connectivity index (χ2v) is 3.08. The van der Waals surface area contributed by atoms with Gasteiger partial charge < -0.3 is 10.6 Å². The van der Waals surface area contributed by atoms with Crippen molar-refractivity contribution in [3.8, 4) is 0 Å². The van der Waals surface area contributed by atoms with Gasteiger partial charge in [-0.2, -0.15) is 0 Å². The molecule has 0 spiro atoms. The highest BCUT2D eigenvalue weighted by Gasteiger charge is 2.23. The van der Waals surface area contributed by atoms with E-state index < -0.39 is 0 Å². The van der Waals surface area contributed by atoms with Crippen LogP contribution in [0, 0.1) is 0 Å². The van der Waals surface area contributed by atoms with E-state index in [-0.39, 0.29) is 5.91 Å². The first-order valence-electron chi connectivity index (χ1n) is 4.82. The van der Waals surface area contributed by atoms with Gasteiger partial charge in [-0.25, -0.2) is 0 Å². The van der Waals surface area contributed by atoms with Crippen LogP contribution < -0.4 is 5.73 Å². The van der Waals surface area contributed by atoms with Gasteiger partial charge in [0.25, 0.3) is 5.91 Å². The minimum Gasteiger partial charge on any atom is -0.399 e. The van der Waals surface area contributed by atoms with E-state index in [2.05, 4.69) is 0 Å². The van der Waals surface area contributed by atoms with Gasteiger partial charge in [-0.3, -0.25) is 4.79 Å². The van der Waals surface area contributed by atoms with Crippen LogP contribution in [0.15, 0.2) is 18.2 Å². The molecule has 76 valence electrons. The summed E-state index contributed by atoms with van der Waals surface area (Å²) in [6, 6.07) is 5.41. The number of anilines is 1. The van der Waals surface area contributed by atoms with Gasteiger partial charge in [0.15, 0.2) is 0 Å². The Balaban J connectivity index is 0.000000461. The van der Waals surface area contributed by atoms with Crippen molar-refractivity contribution >= 4 is 11.6 Å². The fourth-order valence-electron chi connectivity index (χ4n) is 1.49. The van der Waals surface area contributed by atoms with Crippen LogP contribution in [-0.2, 0) is 6.54 Å². The molecule has 1 aromatic rings. The van der Waals surface area contributed by atoms with Crippen molar-refractivity contribution in [1.82, 2.24) is 4.90 Å². The predicted molar refractivity (Wildman–Crippen MR) is 58.0 cm³/mol. The molecule has 0 unspecified atom stereocenters. The Kier molecular flexibility index (Phi) is 3.12. The van der Waals surface area contributed by atoms with E-state index in [9.17, 15) is 4.79 Å². The summed E-state index contributed by atoms with van der Waals surface area (Å²) in [5.41, 5.74) is 8.13. The third-order valence-corrected chi connectivity index (χ3v) is 2.11. The predicted octanol–water partition coefficient (Wildman–Crippen LogP) is 1.88. The van der Waals surface area contributed by atoms with Crippen molar-refractivity contribution in [3.05, 3.63) is 29.3 Å². The van der Waals surface area contributed by atoms with Crippen LogP contribution in [0.1, 0.15) is 29.8 Å². The van der Waals surface area contributed by atoms with Crippen LogP contribution in [0.5, 0.6) is 0 Å². The van der Waals surface area contributed by atoms with Crippen molar-refractivity contribution in [1.29, 1.82) is 0 Å². The molecule has 1 aliphatic rings. The molecule has 1 aliphatic heterocycles. The quantitative estimate of drug-likeness (QED) is 0.638. The first-order chi connectivity index (χ1) is 6.68. The molecule has 3 heteroatoms. The molecular weight excluding hydrogens is 176 g/mol. The molecule has 0 saturated heterocycles. The van der Waals surface area contributed by atoms with Gasteiger partial charge in [0.2, 0.25) is 0 Å². The zero-order chi connectivity index (χ0) is 10.7. The third kappa shape index (κ3) is 1.71. The molecule has 1 heterocycles. The second kappa shape index (κ2) is 4.13. The summed E-state index contributed by atoms with van der Waals surface area (Å²) >= 11 is 0. The van der Waals surface area contributed by atoms with Gasteiger partial charge in [0, 0.05) is 24.8 Å². The van der Waals surface area contributed by atoms with Crippen LogP contribution in [-0.4, -0.2) is 17.9 Å². The van der Waals surface area contributed by atoms with E-state index in [1.807, 2.05) is 19.9 Å². The number of rotatable bonds is 0. The SMILES string of the molecule is CC.CN1Cc2cc(N)ccc2C1=O. The Labute approximate surface area is 84.5 Å². The van der Waals surface area contributed by atoms with Gasteiger partial charge in [-0.05, 0) is 23.8 Å². The number of fused-ring (bicyclic) bond motifs is 1. The van der Waals surface area contributed by atoms with Crippen LogP contribution in [0.4, 0.5) is 5.69 Å². The third-order valence-electron chi connectivity index (χ3n) is 2.11. The molecule has 2 rings (SSSR count). The van der Waals surface area contributed by atoms with E-state index in [0.29, 0.717) is 6.54 Å². The highest BCUT2D eigenvalue weighted by Crippen LogP contribution is 2.22. The van der Waals surface area contributed by atoms with Crippen molar-refractivity contribution in [3.63, 3.8) is 0 Å². The summed E-state index contributed by atoms with van der Waals surface area (Å²) in [6.45, 7) is 4.68. The normalized spacial score (nSPS) is 13.4. The number of nitrogens with two attached hydrogens (primary N) is 1. The number of amides is 1. The molecule has 0 bridgehead atoms. The van der Waals surface area contributed by atoms with Gasteiger partial charge in [0.1, 0.15) is 0 Å². The molecule has 1 amide bonds. The Morgan fingerprint density at radius 2 is 2.00 bits per heavy atom. The van der Waals surface area contributed by atoms with E-state index in [4.69, 9.17) is 5.73 Å². The van der Waals surface area contributed by atoms with E-state index >= 15 is 0 Å². The van der Waals surface area contributed by atoms with E-state index in [0.717, 1.165) is 16.8 Å². The Hall–Kier alpha value is -1.51. The van der Waals surface area contributed by atoms with Crippen molar-refractivity contribution in [2.75, 3.05) is 12.8 Å². The highest BCUT2D eigenvalue weighted by atomic mass is 16.2. The van der Waals surface area contributed by atoms with Crippen LogP contribution >= 0.6 is 0 Å². The van der Waals surface area contributed by atoms with Crippen molar-refractivity contribution < 1.29 is 4.79 Å². The minimum absolute atomic E-state index is 0.0880. The second-order valence-electron chi connectivity index (χ2n) is 3.08. The molecule has 0 atom stereocenters. The first-order valence-corrected chi connectivity index (χ1v) is 4.82. The molecule has 0 aromatic heterocycles. The standard InChI is InChI=1S/C9H10N2O.C2H6/c1-11-5-6-4-7(10)2-3-8(6)9(11)12;1-2/h2-4H,5,10H2,1H3;1-2H3. The highest BCUT2D eigenvalue weighted by molar-refractivity contribution is 5.98. The lowest BCUT2D eigenvalue weighted by molar-refractivity contribution is 0.0816. The van der Waals surface area contributed by atoms with Crippen LogP contribution in [0.25, 0.3) is 0 Å². The molecule has 2 N–H and O–H groups in total. The van der Waals surface area contributed by atoms with E-state index in [1.165, 1.54) is 0 Å². The Bertz CT molecular complexity index is 347. The molecule has 0 radical (unpaired) electrons. The molecule has 1 aromatic carbocycles. The number of nitrogens with zero attached hydrogens (tertiary/aromatic N) is 1. The molecule has 0 aliphatic carbocycles. The van der Waals surface area contributed by atoms with Gasteiger partial charge >= 0.3 is 0 Å². The minimum atomic E-state index is 0.0880. The van der Waals surface area contributed by atoms with Gasteiger partial charge in [-0.1, -0.05) is 13.8 Å². The first kappa shape index (κ1) is 10.6. The van der Waals surface area contributed by atoms with Crippen LogP contribution in [0.3, 0.4) is 0 Å². The number of hydrogen-bond donors (Lipinski definition) is 1. The topological polar surface area (TPSA) is 46.3 Å². The molecular formula is C11H16N2O. The molecule has 14 heavy (non-hydrogen) atoms. The average Bonchev–Trinajstić information content (AvgIpc) is 2.45. The Morgan fingerprint density at radius 3 is 2.64 bits per heavy atom. The maximum absolute atomic E-state index is 11.4. The van der Waals surface area contributed by atoms with Crippen molar-refractivity contribution in [2.24, 2.45) is 0 Å². The maximum Gasteiger partial charge on any atom is 0.254 e. The summed E-state index contributed by atoms with van der Waals surface area (Å²) < 4.78 is 0. The molecule has 3 nitrogen and oxygen atoms in total. The largest absolute Gasteiger partial charge is 0.399 e. The number of nitrogen functional groups attached to an aromatic ring is 1. The molecule has 0 fully saturated rings. The number of carbonyl (C=O) groups excluding carboxylic acids is 1. The lowest BCUT2D eigenvalue weighted by atomic mass is 10.1. The Morgan fingerprint density at radius 1 is 1.36 bits per heavy atom. The zero-order valence-corrected chi connectivity index (χ0v) is 8.87. The summed E-state index contributed by atoms with van der Waals surface area (Å²) in [5.74, 6) is 0.0880. The fraction of sp³-hybridized carbons (Fsp3) is 0.364. The van der Waals surface area contributed by atoms with Gasteiger partial charge in [-0.15, -0.1) is 0 Å². The smallest absolute Gasteiger partial charge is 0.254 e. The molecule has 0 saturated carbocycles. The summed E-state index contributed by atoms with van der Waals surface area (Å²) in [7, 11) is 1.79. The average molecular weight is 192 g/mol. The number of carbonyl (C=O) groups is 1. The maximum atomic E-state index is 11.4.